The molecule has 2 aliphatic rings. The van der Waals surface area contributed by atoms with Gasteiger partial charge in [0.05, 0.1) is 13.2 Å². The van der Waals surface area contributed by atoms with Crippen LogP contribution >= 0.6 is 0 Å². The van der Waals surface area contributed by atoms with Gasteiger partial charge >= 0.3 is 0 Å². The Morgan fingerprint density at radius 2 is 1.87 bits per heavy atom. The van der Waals surface area contributed by atoms with Crippen molar-refractivity contribution in [1.82, 2.24) is 9.62 Å². The van der Waals surface area contributed by atoms with E-state index in [1.54, 1.807) is 0 Å². The molecule has 0 radical (unpaired) electrons. The molecule has 0 aliphatic carbocycles. The van der Waals surface area contributed by atoms with Gasteiger partial charge in [-0.05, 0) is 41.8 Å². The number of nitrogens with zero attached hydrogens (tertiary/aromatic N) is 2. The highest BCUT2D eigenvalue weighted by Gasteiger charge is 2.28. The Kier molecular flexibility index (Phi) is 6.06. The summed E-state index contributed by atoms with van der Waals surface area (Å²) in [6, 6.07) is 8.37. The number of nitrogens with one attached hydrogen (secondary N) is 1. The van der Waals surface area contributed by atoms with Crippen molar-refractivity contribution in [2.24, 2.45) is 0 Å². The quantitative estimate of drug-likeness (QED) is 0.752. The Labute approximate surface area is 175 Å². The molecule has 9 heteroatoms. The number of likely N-dealkylation sites (N-methyl/N-ethyl adjacent to an activating group) is 1. The number of hydrogen-bond acceptors (Lipinski definition) is 5. The van der Waals surface area contributed by atoms with Crippen molar-refractivity contribution in [2.75, 3.05) is 51.3 Å². The van der Waals surface area contributed by atoms with E-state index in [1.807, 2.05) is 13.1 Å². The molecule has 2 aromatic rings. The zero-order valence-electron chi connectivity index (χ0n) is 16.8. The van der Waals surface area contributed by atoms with E-state index in [0.717, 1.165) is 30.7 Å². The second-order valence-corrected chi connectivity index (χ2v) is 9.39. The maximum absolute atomic E-state index is 14.0. The van der Waals surface area contributed by atoms with Gasteiger partial charge in [0, 0.05) is 45.0 Å². The van der Waals surface area contributed by atoms with Crippen LogP contribution in [0.2, 0.25) is 0 Å². The second-order valence-electron chi connectivity index (χ2n) is 7.65. The minimum atomic E-state index is -4.21. The normalized spacial score (nSPS) is 18.4. The van der Waals surface area contributed by atoms with E-state index in [2.05, 4.69) is 26.7 Å². The summed E-state index contributed by atoms with van der Waals surface area (Å²) in [5.74, 6) is -1.78. The molecule has 1 unspecified atom stereocenters. The number of ether oxygens (including phenoxy) is 1. The first-order valence-electron chi connectivity index (χ1n) is 9.95. The molecule has 2 aliphatic heterocycles. The van der Waals surface area contributed by atoms with Gasteiger partial charge in [0.1, 0.15) is 16.5 Å². The summed E-state index contributed by atoms with van der Waals surface area (Å²) in [7, 11) is -2.16. The van der Waals surface area contributed by atoms with E-state index < -0.39 is 26.6 Å². The zero-order valence-corrected chi connectivity index (χ0v) is 17.6. The molecule has 1 saturated heterocycles. The Balaban J connectivity index is 1.60. The Morgan fingerprint density at radius 3 is 2.63 bits per heavy atom. The number of sulfonamides is 1. The van der Waals surface area contributed by atoms with Gasteiger partial charge in [-0.25, -0.2) is 21.9 Å². The summed E-state index contributed by atoms with van der Waals surface area (Å²) in [5, 5.41) is 0. The standard InChI is InChI=1S/C21H25F2N3O3S/c1-25-7-6-16-12-15(2-5-19(16)25)20(26-8-10-29-11-9-26)14-24-30(27,28)21-13-17(22)3-4-18(21)23/h2-5,12-13,20,24H,6-11,14H2,1H3. The van der Waals surface area contributed by atoms with E-state index in [-0.39, 0.29) is 12.6 Å². The molecule has 30 heavy (non-hydrogen) atoms. The Morgan fingerprint density at radius 1 is 1.10 bits per heavy atom. The van der Waals surface area contributed by atoms with Crippen molar-refractivity contribution in [2.45, 2.75) is 17.4 Å². The van der Waals surface area contributed by atoms with Crippen LogP contribution in [0.15, 0.2) is 41.3 Å². The summed E-state index contributed by atoms with van der Waals surface area (Å²) in [6.45, 7) is 3.46. The fourth-order valence-corrected chi connectivity index (χ4v) is 5.22. The molecule has 4 rings (SSSR count). The third-order valence-electron chi connectivity index (χ3n) is 5.75. The second kappa shape index (κ2) is 8.58. The first-order valence-corrected chi connectivity index (χ1v) is 11.4. The number of rotatable bonds is 6. The molecule has 162 valence electrons. The Bertz CT molecular complexity index is 1030. The molecule has 6 nitrogen and oxygen atoms in total. The molecule has 0 aromatic heterocycles. The van der Waals surface area contributed by atoms with Crippen LogP contribution in [-0.4, -0.2) is 59.8 Å². The molecule has 1 fully saturated rings. The van der Waals surface area contributed by atoms with Crippen LogP contribution in [0, 0.1) is 11.6 Å². The predicted octanol–water partition coefficient (Wildman–Crippen LogP) is 2.31. The van der Waals surface area contributed by atoms with Gasteiger partial charge in [-0.1, -0.05) is 12.1 Å². The molecule has 0 spiro atoms. The lowest BCUT2D eigenvalue weighted by molar-refractivity contribution is 0.0172. The van der Waals surface area contributed by atoms with Crippen molar-refractivity contribution in [3.8, 4) is 0 Å². The number of hydrogen-bond donors (Lipinski definition) is 1. The molecule has 0 saturated carbocycles. The summed E-state index contributed by atoms with van der Waals surface area (Å²) in [6.07, 6.45) is 0.940. The van der Waals surface area contributed by atoms with Crippen LogP contribution < -0.4 is 9.62 Å². The lowest BCUT2D eigenvalue weighted by Gasteiger charge is -2.35. The van der Waals surface area contributed by atoms with Gasteiger partial charge in [0.15, 0.2) is 0 Å². The summed E-state index contributed by atoms with van der Waals surface area (Å²) >= 11 is 0. The first-order chi connectivity index (χ1) is 14.3. The van der Waals surface area contributed by atoms with E-state index in [9.17, 15) is 17.2 Å². The molecular formula is C21H25F2N3O3S. The molecular weight excluding hydrogens is 412 g/mol. The number of benzene rings is 2. The minimum Gasteiger partial charge on any atom is -0.379 e. The van der Waals surface area contributed by atoms with Crippen LogP contribution in [0.3, 0.4) is 0 Å². The zero-order chi connectivity index (χ0) is 21.3. The molecule has 1 atom stereocenters. The van der Waals surface area contributed by atoms with Gasteiger partial charge in [0.25, 0.3) is 0 Å². The SMILES string of the molecule is CN1CCc2cc(C(CNS(=O)(=O)c3cc(F)ccc3F)N3CCOCC3)ccc21. The number of halogens is 2. The summed E-state index contributed by atoms with van der Waals surface area (Å²) < 4.78 is 60.8. The summed E-state index contributed by atoms with van der Waals surface area (Å²) in [4.78, 5) is 3.67. The van der Waals surface area contributed by atoms with Gasteiger partial charge in [-0.2, -0.15) is 0 Å². The van der Waals surface area contributed by atoms with E-state index >= 15 is 0 Å². The topological polar surface area (TPSA) is 61.9 Å². The predicted molar refractivity (Wildman–Crippen MR) is 110 cm³/mol. The molecule has 1 N–H and O–H groups in total. The molecule has 0 amide bonds. The lowest BCUT2D eigenvalue weighted by Crippen LogP contribution is -2.43. The third-order valence-corrected chi connectivity index (χ3v) is 7.19. The average Bonchev–Trinajstić information content (AvgIpc) is 3.11. The number of morpholine rings is 1. The van der Waals surface area contributed by atoms with Crippen molar-refractivity contribution in [3.05, 3.63) is 59.2 Å². The van der Waals surface area contributed by atoms with E-state index in [0.29, 0.717) is 32.4 Å². The van der Waals surface area contributed by atoms with Crippen LogP contribution in [0.4, 0.5) is 14.5 Å². The average molecular weight is 438 g/mol. The highest BCUT2D eigenvalue weighted by molar-refractivity contribution is 7.89. The molecule has 2 heterocycles. The minimum absolute atomic E-state index is 0.0485. The van der Waals surface area contributed by atoms with Crippen LogP contribution in [0.5, 0.6) is 0 Å². The monoisotopic (exact) mass is 437 g/mol. The smallest absolute Gasteiger partial charge is 0.243 e. The van der Waals surface area contributed by atoms with Crippen molar-refractivity contribution in [1.29, 1.82) is 0 Å². The fourth-order valence-electron chi connectivity index (χ4n) is 4.09. The van der Waals surface area contributed by atoms with Crippen molar-refractivity contribution >= 4 is 15.7 Å². The van der Waals surface area contributed by atoms with Crippen molar-refractivity contribution < 1.29 is 21.9 Å². The van der Waals surface area contributed by atoms with Gasteiger partial charge in [0.2, 0.25) is 10.0 Å². The fraction of sp³-hybridized carbons (Fsp3) is 0.429. The number of anilines is 1. The number of fused-ring (bicyclic) bond motifs is 1. The first kappa shape index (κ1) is 21.2. The van der Waals surface area contributed by atoms with E-state index in [4.69, 9.17) is 4.74 Å². The third kappa shape index (κ3) is 4.34. The lowest BCUT2D eigenvalue weighted by atomic mass is 10.0. The molecule has 2 aromatic carbocycles. The highest BCUT2D eigenvalue weighted by Crippen LogP contribution is 2.31. The van der Waals surface area contributed by atoms with Gasteiger partial charge in [-0.15, -0.1) is 0 Å². The van der Waals surface area contributed by atoms with E-state index in [1.165, 1.54) is 11.3 Å². The highest BCUT2D eigenvalue weighted by atomic mass is 32.2. The maximum atomic E-state index is 14.0. The van der Waals surface area contributed by atoms with Crippen LogP contribution in [0.1, 0.15) is 17.2 Å². The van der Waals surface area contributed by atoms with Crippen molar-refractivity contribution in [3.63, 3.8) is 0 Å². The summed E-state index contributed by atoms with van der Waals surface area (Å²) in [5.41, 5.74) is 3.41. The molecule has 0 bridgehead atoms. The van der Waals surface area contributed by atoms with Gasteiger partial charge < -0.3 is 9.64 Å². The Hall–Kier alpha value is -2.07. The maximum Gasteiger partial charge on any atom is 0.243 e. The largest absolute Gasteiger partial charge is 0.379 e. The van der Waals surface area contributed by atoms with Gasteiger partial charge in [-0.3, -0.25) is 4.90 Å². The van der Waals surface area contributed by atoms with Crippen LogP contribution in [-0.2, 0) is 21.2 Å². The van der Waals surface area contributed by atoms with Crippen LogP contribution in [0.25, 0.3) is 0 Å².